The van der Waals surface area contributed by atoms with E-state index in [0.717, 1.165) is 25.2 Å². The van der Waals surface area contributed by atoms with Gasteiger partial charge in [0.05, 0.1) is 4.92 Å². The number of rotatable bonds is 5. The van der Waals surface area contributed by atoms with Crippen molar-refractivity contribution < 1.29 is 9.31 Å². The normalized spacial score (nSPS) is 17.3. The molecule has 0 saturated carbocycles. The Bertz CT molecular complexity index is 677. The quantitative estimate of drug-likeness (QED) is 0.673. The van der Waals surface area contributed by atoms with Crippen LogP contribution in [0.4, 0.5) is 21.7 Å². The van der Waals surface area contributed by atoms with Gasteiger partial charge in [0, 0.05) is 25.3 Å². The first-order valence-electron chi connectivity index (χ1n) is 7.32. The highest BCUT2D eigenvalue weighted by Crippen LogP contribution is 2.24. The Morgan fingerprint density at radius 3 is 2.65 bits per heavy atom. The van der Waals surface area contributed by atoms with E-state index in [1.807, 2.05) is 0 Å². The Hall–Kier alpha value is -2.77. The molecule has 8 heteroatoms. The smallest absolute Gasteiger partial charge is 0.305 e. The number of hydrogen-bond acceptors (Lipinski definition) is 6. The fourth-order valence-corrected chi connectivity index (χ4v) is 2.63. The second-order valence-corrected chi connectivity index (χ2v) is 5.48. The number of nitrogens with zero attached hydrogens (tertiary/aromatic N) is 4. The maximum Gasteiger partial charge on any atom is 0.305 e. The summed E-state index contributed by atoms with van der Waals surface area (Å²) in [6.45, 7) is 2.47. The largest absolute Gasteiger partial charge is 0.371 e. The van der Waals surface area contributed by atoms with Crippen LogP contribution in [0.2, 0.25) is 0 Å². The lowest BCUT2D eigenvalue weighted by Crippen LogP contribution is -2.22. The minimum atomic E-state index is -0.526. The molecule has 23 heavy (non-hydrogen) atoms. The molecule has 1 N–H and O–H groups in total. The van der Waals surface area contributed by atoms with E-state index in [1.165, 1.54) is 24.5 Å². The average molecular weight is 317 g/mol. The summed E-state index contributed by atoms with van der Waals surface area (Å²) >= 11 is 0. The van der Waals surface area contributed by atoms with Crippen molar-refractivity contribution in [2.75, 3.05) is 29.9 Å². The summed E-state index contributed by atoms with van der Waals surface area (Å²) in [7, 11) is 0. The molecule has 1 fully saturated rings. The number of nitro groups is 1. The van der Waals surface area contributed by atoms with Gasteiger partial charge in [-0.05, 0) is 36.6 Å². The Morgan fingerprint density at radius 2 is 2.00 bits per heavy atom. The topological polar surface area (TPSA) is 84.2 Å². The summed E-state index contributed by atoms with van der Waals surface area (Å²) in [5, 5.41) is 13.6. The van der Waals surface area contributed by atoms with Crippen LogP contribution in [-0.4, -0.2) is 34.5 Å². The lowest BCUT2D eigenvalue weighted by atomic mass is 10.1. The molecular weight excluding hydrogens is 301 g/mol. The summed E-state index contributed by atoms with van der Waals surface area (Å²) in [6.07, 6.45) is 3.39. The van der Waals surface area contributed by atoms with Crippen molar-refractivity contribution in [2.45, 2.75) is 6.42 Å². The van der Waals surface area contributed by atoms with Gasteiger partial charge in [-0.2, -0.15) is 0 Å². The summed E-state index contributed by atoms with van der Waals surface area (Å²) in [5.41, 5.74) is 0.888. The molecule has 0 spiro atoms. The van der Waals surface area contributed by atoms with Crippen LogP contribution >= 0.6 is 0 Å². The molecule has 1 aliphatic rings. The standard InChI is InChI=1S/C15H16FN5O2/c16-12-1-3-13(4-2-12)20-6-5-11(10-20)7-17-15-18-8-14(9-19-15)21(22)23/h1-4,8-9,11H,5-7,10H2,(H,17,18,19)/t11-/m0/s1. The summed E-state index contributed by atoms with van der Waals surface area (Å²) in [4.78, 5) is 20.1. The molecular formula is C15H16FN5O2. The average Bonchev–Trinajstić information content (AvgIpc) is 3.03. The van der Waals surface area contributed by atoms with Crippen LogP contribution in [0, 0.1) is 21.8 Å². The second kappa shape index (κ2) is 6.55. The fraction of sp³-hybridized carbons (Fsp3) is 0.333. The van der Waals surface area contributed by atoms with E-state index < -0.39 is 4.92 Å². The molecule has 1 atom stereocenters. The molecule has 0 unspecified atom stereocenters. The predicted molar refractivity (Wildman–Crippen MR) is 83.9 cm³/mol. The molecule has 1 saturated heterocycles. The minimum Gasteiger partial charge on any atom is -0.371 e. The van der Waals surface area contributed by atoms with Crippen LogP contribution < -0.4 is 10.2 Å². The molecule has 2 heterocycles. The van der Waals surface area contributed by atoms with E-state index in [9.17, 15) is 14.5 Å². The number of halogens is 1. The van der Waals surface area contributed by atoms with Crippen molar-refractivity contribution in [1.82, 2.24) is 9.97 Å². The molecule has 1 aromatic heterocycles. The molecule has 3 rings (SSSR count). The van der Waals surface area contributed by atoms with E-state index in [4.69, 9.17) is 0 Å². The van der Waals surface area contributed by atoms with Gasteiger partial charge < -0.3 is 10.2 Å². The molecule has 0 bridgehead atoms. The molecule has 1 aromatic carbocycles. The maximum atomic E-state index is 13.0. The SMILES string of the molecule is O=[N+]([O-])c1cnc(NC[C@@H]2CCN(c3ccc(F)cc3)C2)nc1. The predicted octanol–water partition coefficient (Wildman–Crippen LogP) is 2.46. The molecule has 7 nitrogen and oxygen atoms in total. The first-order valence-corrected chi connectivity index (χ1v) is 7.32. The number of aromatic nitrogens is 2. The maximum absolute atomic E-state index is 13.0. The summed E-state index contributed by atoms with van der Waals surface area (Å²) < 4.78 is 13.0. The third-order valence-electron chi connectivity index (χ3n) is 3.88. The van der Waals surface area contributed by atoms with Crippen LogP contribution in [-0.2, 0) is 0 Å². The zero-order valence-electron chi connectivity index (χ0n) is 12.4. The van der Waals surface area contributed by atoms with E-state index in [1.54, 1.807) is 12.1 Å². The number of anilines is 2. The van der Waals surface area contributed by atoms with E-state index in [-0.39, 0.29) is 11.5 Å². The molecule has 0 aliphatic carbocycles. The van der Waals surface area contributed by atoms with Gasteiger partial charge in [-0.3, -0.25) is 10.1 Å². The molecule has 120 valence electrons. The fourth-order valence-electron chi connectivity index (χ4n) is 2.63. The van der Waals surface area contributed by atoms with Gasteiger partial charge >= 0.3 is 5.69 Å². The van der Waals surface area contributed by atoms with Gasteiger partial charge in [-0.15, -0.1) is 0 Å². The Morgan fingerprint density at radius 1 is 1.30 bits per heavy atom. The number of hydrogen-bond donors (Lipinski definition) is 1. The zero-order chi connectivity index (χ0) is 16.2. The van der Waals surface area contributed by atoms with Crippen molar-refractivity contribution in [2.24, 2.45) is 5.92 Å². The third kappa shape index (κ3) is 3.71. The first-order chi connectivity index (χ1) is 11.1. The highest BCUT2D eigenvalue weighted by Gasteiger charge is 2.22. The molecule has 1 aliphatic heterocycles. The first kappa shape index (κ1) is 15.1. The second-order valence-electron chi connectivity index (χ2n) is 5.48. The Balaban J connectivity index is 1.52. The van der Waals surface area contributed by atoms with Crippen molar-refractivity contribution in [3.05, 3.63) is 52.6 Å². The summed E-state index contributed by atoms with van der Waals surface area (Å²) in [5.74, 6) is 0.566. The lowest BCUT2D eigenvalue weighted by Gasteiger charge is -2.18. The van der Waals surface area contributed by atoms with Gasteiger partial charge in [-0.1, -0.05) is 0 Å². The van der Waals surface area contributed by atoms with E-state index in [2.05, 4.69) is 20.2 Å². The van der Waals surface area contributed by atoms with Crippen molar-refractivity contribution >= 4 is 17.3 Å². The van der Waals surface area contributed by atoms with Crippen LogP contribution in [0.1, 0.15) is 6.42 Å². The van der Waals surface area contributed by atoms with Crippen LogP contribution in [0.5, 0.6) is 0 Å². The summed E-state index contributed by atoms with van der Waals surface area (Å²) in [6, 6.07) is 6.49. The van der Waals surface area contributed by atoms with Gasteiger partial charge in [-0.25, -0.2) is 14.4 Å². The monoisotopic (exact) mass is 317 g/mol. The third-order valence-corrected chi connectivity index (χ3v) is 3.88. The van der Waals surface area contributed by atoms with Gasteiger partial charge in [0.25, 0.3) is 0 Å². The van der Waals surface area contributed by atoms with E-state index >= 15 is 0 Å². The van der Waals surface area contributed by atoms with Gasteiger partial charge in [0.1, 0.15) is 18.2 Å². The van der Waals surface area contributed by atoms with Crippen LogP contribution in [0.25, 0.3) is 0 Å². The van der Waals surface area contributed by atoms with Gasteiger partial charge in [0.2, 0.25) is 5.95 Å². The highest BCUT2D eigenvalue weighted by molar-refractivity contribution is 5.47. The van der Waals surface area contributed by atoms with Crippen molar-refractivity contribution in [3.63, 3.8) is 0 Å². The van der Waals surface area contributed by atoms with Crippen LogP contribution in [0.3, 0.4) is 0 Å². The minimum absolute atomic E-state index is 0.126. The van der Waals surface area contributed by atoms with Gasteiger partial charge in [0.15, 0.2) is 0 Å². The number of nitrogens with one attached hydrogen (secondary N) is 1. The Labute approximate surface area is 132 Å². The number of benzene rings is 1. The highest BCUT2D eigenvalue weighted by atomic mass is 19.1. The molecule has 2 aromatic rings. The van der Waals surface area contributed by atoms with Crippen molar-refractivity contribution in [1.29, 1.82) is 0 Å². The lowest BCUT2D eigenvalue weighted by molar-refractivity contribution is -0.385. The zero-order valence-corrected chi connectivity index (χ0v) is 12.4. The Kier molecular flexibility index (Phi) is 4.31. The molecule has 0 radical (unpaired) electrons. The van der Waals surface area contributed by atoms with E-state index in [0.29, 0.717) is 18.4 Å². The van der Waals surface area contributed by atoms with Crippen molar-refractivity contribution in [3.8, 4) is 0 Å². The molecule has 0 amide bonds. The van der Waals surface area contributed by atoms with Crippen LogP contribution in [0.15, 0.2) is 36.7 Å².